The van der Waals surface area contributed by atoms with Gasteiger partial charge in [-0.2, -0.15) is 0 Å². The van der Waals surface area contributed by atoms with E-state index in [0.29, 0.717) is 18.8 Å². The topological polar surface area (TPSA) is 54.3 Å². The Hall–Kier alpha value is -3.63. The minimum Gasteiger partial charge on any atom is -0.477 e. The molecule has 3 aromatic carbocycles. The molecule has 0 atom stereocenters. The highest BCUT2D eigenvalue weighted by Gasteiger charge is 2.22. The number of carbonyl (C=O) groups is 1. The van der Waals surface area contributed by atoms with Crippen molar-refractivity contribution >= 4 is 22.9 Å². The summed E-state index contributed by atoms with van der Waals surface area (Å²) < 4.78 is 1.91. The predicted molar refractivity (Wildman–Crippen MR) is 126 cm³/mol. The van der Waals surface area contributed by atoms with Gasteiger partial charge >= 0.3 is 5.97 Å². The van der Waals surface area contributed by atoms with Crippen LogP contribution in [0.5, 0.6) is 0 Å². The van der Waals surface area contributed by atoms with Crippen LogP contribution in [0.4, 0.5) is 0 Å². The average molecular weight is 411 g/mol. The van der Waals surface area contributed by atoms with Crippen LogP contribution >= 0.6 is 0 Å². The Morgan fingerprint density at radius 2 is 1.65 bits per heavy atom. The van der Waals surface area contributed by atoms with Crippen molar-refractivity contribution in [3.05, 3.63) is 113 Å². The van der Waals surface area contributed by atoms with Gasteiger partial charge in [0.25, 0.3) is 0 Å². The molecule has 0 radical (unpaired) electrons. The van der Waals surface area contributed by atoms with E-state index >= 15 is 0 Å². The van der Waals surface area contributed by atoms with E-state index in [2.05, 4.69) is 24.0 Å². The van der Waals surface area contributed by atoms with Crippen molar-refractivity contribution in [3.8, 4) is 0 Å². The molecule has 0 spiro atoms. The number of aromatic carboxylic acids is 1. The number of hydrogen-bond acceptors (Lipinski definition) is 2. The molecule has 0 unspecified atom stereocenters. The van der Waals surface area contributed by atoms with Crippen LogP contribution in [-0.2, 0) is 19.5 Å². The first kappa shape index (κ1) is 20.6. The van der Waals surface area contributed by atoms with Crippen molar-refractivity contribution in [2.75, 3.05) is 6.54 Å². The van der Waals surface area contributed by atoms with E-state index in [9.17, 15) is 9.90 Å². The van der Waals surface area contributed by atoms with Crippen molar-refractivity contribution in [2.45, 2.75) is 19.5 Å². The number of fused-ring (bicyclic) bond motifs is 1. The van der Waals surface area contributed by atoms with E-state index in [1.165, 1.54) is 5.56 Å². The Morgan fingerprint density at radius 3 is 2.35 bits per heavy atom. The third-order valence-corrected chi connectivity index (χ3v) is 5.57. The number of nitrogens with zero attached hydrogens (tertiary/aromatic N) is 1. The van der Waals surface area contributed by atoms with Crippen LogP contribution < -0.4 is 5.32 Å². The summed E-state index contributed by atoms with van der Waals surface area (Å²) >= 11 is 0. The molecule has 0 fully saturated rings. The minimum atomic E-state index is -0.904. The summed E-state index contributed by atoms with van der Waals surface area (Å²) in [6, 6.07) is 26.3. The van der Waals surface area contributed by atoms with Crippen molar-refractivity contribution in [2.24, 2.45) is 0 Å². The fraction of sp³-hybridized carbons (Fsp3) is 0.148. The molecule has 4 aromatic rings. The predicted octanol–water partition coefficient (Wildman–Crippen LogP) is 5.36. The van der Waals surface area contributed by atoms with Gasteiger partial charge in [0.15, 0.2) is 0 Å². The van der Waals surface area contributed by atoms with E-state index in [4.69, 9.17) is 0 Å². The zero-order chi connectivity index (χ0) is 21.6. The van der Waals surface area contributed by atoms with Crippen molar-refractivity contribution < 1.29 is 9.90 Å². The third-order valence-electron chi connectivity index (χ3n) is 5.57. The Labute approximate surface area is 182 Å². The van der Waals surface area contributed by atoms with Crippen LogP contribution in [-0.4, -0.2) is 22.2 Å². The molecule has 1 aromatic heterocycles. The summed E-state index contributed by atoms with van der Waals surface area (Å²) in [6.07, 6.45) is 2.70. The molecule has 0 bridgehead atoms. The fourth-order valence-corrected chi connectivity index (χ4v) is 4.00. The number of hydrogen-bond donors (Lipinski definition) is 2. The molecule has 4 heteroatoms. The molecule has 0 aliphatic heterocycles. The Balaban J connectivity index is 1.62. The molecule has 31 heavy (non-hydrogen) atoms. The number of carboxylic acids is 1. The quantitative estimate of drug-likeness (QED) is 0.365. The zero-order valence-corrected chi connectivity index (χ0v) is 17.4. The molecule has 156 valence electrons. The van der Waals surface area contributed by atoms with Gasteiger partial charge in [-0.25, -0.2) is 4.79 Å². The van der Waals surface area contributed by atoms with Crippen LogP contribution in [0.25, 0.3) is 17.0 Å². The maximum atomic E-state index is 12.3. The monoisotopic (exact) mass is 410 g/mol. The number of para-hydroxylation sites is 1. The first-order valence-corrected chi connectivity index (χ1v) is 10.5. The Morgan fingerprint density at radius 1 is 0.935 bits per heavy atom. The van der Waals surface area contributed by atoms with Gasteiger partial charge in [0.2, 0.25) is 0 Å². The highest BCUT2D eigenvalue weighted by molar-refractivity contribution is 5.98. The molecular formula is C27H26N2O2. The summed E-state index contributed by atoms with van der Waals surface area (Å²) in [6.45, 7) is 5.59. The molecule has 2 N–H and O–H groups in total. The Kier molecular flexibility index (Phi) is 6.29. The minimum absolute atomic E-state index is 0.348. The van der Waals surface area contributed by atoms with Crippen LogP contribution in [0.2, 0.25) is 0 Å². The smallest absolute Gasteiger partial charge is 0.352 e. The maximum absolute atomic E-state index is 12.3. The van der Waals surface area contributed by atoms with Crippen molar-refractivity contribution in [1.82, 2.24) is 9.88 Å². The SMILES string of the molecule is C=Cc1ccc(Cn2c(C(=O)O)c(CNCCc3ccccc3)c3ccccc32)cc1. The molecule has 0 aliphatic carbocycles. The second-order valence-electron chi connectivity index (χ2n) is 7.59. The van der Waals surface area contributed by atoms with Crippen LogP contribution in [0, 0.1) is 0 Å². The van der Waals surface area contributed by atoms with E-state index in [-0.39, 0.29) is 0 Å². The normalized spacial score (nSPS) is 11.0. The van der Waals surface area contributed by atoms with Gasteiger partial charge in [-0.15, -0.1) is 0 Å². The van der Waals surface area contributed by atoms with Gasteiger partial charge in [-0.3, -0.25) is 0 Å². The lowest BCUT2D eigenvalue weighted by Crippen LogP contribution is -2.19. The highest BCUT2D eigenvalue weighted by atomic mass is 16.4. The lowest BCUT2D eigenvalue weighted by atomic mass is 10.1. The first-order chi connectivity index (χ1) is 15.2. The largest absolute Gasteiger partial charge is 0.477 e. The second kappa shape index (κ2) is 9.45. The van der Waals surface area contributed by atoms with Crippen molar-refractivity contribution in [1.29, 1.82) is 0 Å². The molecular weight excluding hydrogens is 384 g/mol. The number of nitrogens with one attached hydrogen (secondary N) is 1. The number of carboxylic acid groups (broad SMARTS) is 1. The lowest BCUT2D eigenvalue weighted by molar-refractivity contribution is 0.0685. The number of rotatable bonds is 9. The van der Waals surface area contributed by atoms with E-state index in [1.54, 1.807) is 6.08 Å². The zero-order valence-electron chi connectivity index (χ0n) is 17.4. The summed E-state index contributed by atoms with van der Waals surface area (Å²) in [5.41, 5.74) is 5.48. The van der Waals surface area contributed by atoms with Gasteiger partial charge in [-0.05, 0) is 35.7 Å². The average Bonchev–Trinajstić information content (AvgIpc) is 3.11. The third kappa shape index (κ3) is 4.60. The van der Waals surface area contributed by atoms with Gasteiger partial charge in [0.05, 0.1) is 0 Å². The van der Waals surface area contributed by atoms with Gasteiger partial charge in [0, 0.05) is 29.6 Å². The lowest BCUT2D eigenvalue weighted by Gasteiger charge is -2.10. The Bertz CT molecular complexity index is 1190. The first-order valence-electron chi connectivity index (χ1n) is 10.5. The summed E-state index contributed by atoms with van der Waals surface area (Å²) in [7, 11) is 0. The van der Waals surface area contributed by atoms with Gasteiger partial charge in [-0.1, -0.05) is 85.5 Å². The standard InChI is InChI=1S/C27H26N2O2/c1-2-20-12-14-22(15-13-20)19-29-25-11-7-6-10-23(25)24(26(29)27(30)31)18-28-17-16-21-8-4-3-5-9-21/h2-15,28H,1,16-19H2,(H,30,31). The molecule has 1 heterocycles. The van der Waals surface area contributed by atoms with Crippen LogP contribution in [0.3, 0.4) is 0 Å². The van der Waals surface area contributed by atoms with Crippen LogP contribution in [0.15, 0.2) is 85.4 Å². The van der Waals surface area contributed by atoms with Gasteiger partial charge in [0.1, 0.15) is 5.69 Å². The fourth-order valence-electron chi connectivity index (χ4n) is 4.00. The number of aromatic nitrogens is 1. The summed E-state index contributed by atoms with van der Waals surface area (Å²) in [5.74, 6) is -0.904. The van der Waals surface area contributed by atoms with Gasteiger partial charge < -0.3 is 15.0 Å². The number of benzene rings is 3. The van der Waals surface area contributed by atoms with Crippen LogP contribution in [0.1, 0.15) is 32.7 Å². The summed E-state index contributed by atoms with van der Waals surface area (Å²) in [5, 5.41) is 14.5. The highest BCUT2D eigenvalue weighted by Crippen LogP contribution is 2.27. The second-order valence-corrected chi connectivity index (χ2v) is 7.59. The summed E-state index contributed by atoms with van der Waals surface area (Å²) in [4.78, 5) is 12.3. The molecule has 4 rings (SSSR count). The molecule has 0 saturated carbocycles. The van der Waals surface area contributed by atoms with Crippen molar-refractivity contribution in [3.63, 3.8) is 0 Å². The molecule has 4 nitrogen and oxygen atoms in total. The van der Waals surface area contributed by atoms with E-state index in [1.807, 2.05) is 71.3 Å². The maximum Gasteiger partial charge on any atom is 0.352 e. The van der Waals surface area contributed by atoms with E-state index in [0.717, 1.165) is 40.6 Å². The molecule has 0 aliphatic rings. The van der Waals surface area contributed by atoms with E-state index < -0.39 is 5.97 Å². The molecule has 0 saturated heterocycles. The molecule has 0 amide bonds.